The van der Waals surface area contributed by atoms with Gasteiger partial charge in [0.25, 0.3) is 0 Å². The van der Waals surface area contributed by atoms with Gasteiger partial charge in [-0.05, 0) is 102 Å². The van der Waals surface area contributed by atoms with Gasteiger partial charge in [-0.25, -0.2) is 0 Å². The smallest absolute Gasteiger partial charge is 0.0546 e. The number of nitrogens with zero attached hydrogens (tertiary/aromatic N) is 1. The SMILES string of the molecule is C=C/C=C(\C=C)c1ccc(-c2ccc(N(c3ccc4c(c3)C(C)(C)c3ccccc3-4)c3cc4ccccc4c4ccccc34)cc2-c2ccccc2)cc1. The summed E-state index contributed by atoms with van der Waals surface area (Å²) in [6.45, 7) is 12.6. The summed E-state index contributed by atoms with van der Waals surface area (Å²) < 4.78 is 0. The molecule has 0 unspecified atom stereocenters. The van der Waals surface area contributed by atoms with Gasteiger partial charge in [-0.3, -0.25) is 0 Å². The molecular formula is C53H41N. The molecule has 1 heteroatoms. The van der Waals surface area contributed by atoms with Crippen molar-refractivity contribution in [1.82, 2.24) is 0 Å². The maximum atomic E-state index is 4.02. The number of benzene rings is 8. The van der Waals surface area contributed by atoms with E-state index in [1.807, 2.05) is 18.2 Å². The van der Waals surface area contributed by atoms with Crippen LogP contribution in [0.3, 0.4) is 0 Å². The molecule has 8 aromatic carbocycles. The molecule has 0 radical (unpaired) electrons. The fourth-order valence-electron chi connectivity index (χ4n) is 8.51. The van der Waals surface area contributed by atoms with E-state index in [1.54, 1.807) is 0 Å². The van der Waals surface area contributed by atoms with Crippen LogP contribution in [0.2, 0.25) is 0 Å². The molecule has 0 amide bonds. The van der Waals surface area contributed by atoms with Crippen LogP contribution in [0.5, 0.6) is 0 Å². The number of allylic oxidation sites excluding steroid dienone is 4. The zero-order valence-electron chi connectivity index (χ0n) is 30.8. The summed E-state index contributed by atoms with van der Waals surface area (Å²) in [5, 5.41) is 4.93. The predicted octanol–water partition coefficient (Wildman–Crippen LogP) is 14.9. The van der Waals surface area contributed by atoms with Gasteiger partial charge in [0.15, 0.2) is 0 Å². The summed E-state index contributed by atoms with van der Waals surface area (Å²) >= 11 is 0. The Morgan fingerprint density at radius 1 is 0.500 bits per heavy atom. The largest absolute Gasteiger partial charge is 0.310 e. The molecule has 8 aromatic rings. The van der Waals surface area contributed by atoms with E-state index in [0.29, 0.717) is 0 Å². The van der Waals surface area contributed by atoms with Crippen molar-refractivity contribution in [2.24, 2.45) is 0 Å². The van der Waals surface area contributed by atoms with Crippen molar-refractivity contribution in [3.05, 3.63) is 218 Å². The Bertz CT molecular complexity index is 2760. The Morgan fingerprint density at radius 2 is 1.11 bits per heavy atom. The maximum Gasteiger partial charge on any atom is 0.0546 e. The van der Waals surface area contributed by atoms with E-state index in [0.717, 1.165) is 33.8 Å². The molecule has 54 heavy (non-hydrogen) atoms. The molecule has 0 aromatic heterocycles. The van der Waals surface area contributed by atoms with Crippen LogP contribution in [-0.2, 0) is 5.41 Å². The van der Waals surface area contributed by atoms with Gasteiger partial charge in [0, 0.05) is 22.2 Å². The zero-order valence-corrected chi connectivity index (χ0v) is 30.8. The standard InChI is InChI=1S/C53H41N/c1-5-16-36(6-2)37-25-27-39(28-26-37)44-31-29-41(34-49(44)38-17-8-7-9-18-38)54(52-33-40-19-10-11-20-43(40)45-21-12-13-23-48(45)52)42-30-32-47-46-22-14-15-24-50(46)53(3,4)51(47)35-42/h5-35H,1-2H2,3-4H3/b36-16+. The second-order valence-corrected chi connectivity index (χ2v) is 14.6. The lowest BCUT2D eigenvalue weighted by Gasteiger charge is -2.30. The van der Waals surface area contributed by atoms with Gasteiger partial charge in [0.1, 0.15) is 0 Å². The molecule has 0 saturated heterocycles. The second kappa shape index (κ2) is 13.4. The van der Waals surface area contributed by atoms with E-state index in [1.165, 1.54) is 60.5 Å². The van der Waals surface area contributed by atoms with E-state index >= 15 is 0 Å². The van der Waals surface area contributed by atoms with Crippen molar-refractivity contribution in [2.75, 3.05) is 4.90 Å². The average molecular weight is 692 g/mol. The number of rotatable bonds is 8. The van der Waals surface area contributed by atoms with Gasteiger partial charge in [-0.15, -0.1) is 0 Å². The van der Waals surface area contributed by atoms with Crippen LogP contribution >= 0.6 is 0 Å². The number of hydrogen-bond donors (Lipinski definition) is 0. The summed E-state index contributed by atoms with van der Waals surface area (Å²) in [6.07, 6.45) is 5.68. The van der Waals surface area contributed by atoms with Crippen LogP contribution in [0.25, 0.3) is 60.5 Å². The minimum Gasteiger partial charge on any atom is -0.310 e. The Morgan fingerprint density at radius 3 is 1.87 bits per heavy atom. The highest BCUT2D eigenvalue weighted by Gasteiger charge is 2.36. The first-order valence-electron chi connectivity index (χ1n) is 18.7. The first kappa shape index (κ1) is 33.2. The van der Waals surface area contributed by atoms with Gasteiger partial charge < -0.3 is 4.90 Å². The lowest BCUT2D eigenvalue weighted by atomic mass is 9.82. The van der Waals surface area contributed by atoms with Gasteiger partial charge in [-0.2, -0.15) is 0 Å². The Kier molecular flexibility index (Phi) is 8.21. The Labute approximate surface area is 318 Å². The van der Waals surface area contributed by atoms with Gasteiger partial charge in [0.2, 0.25) is 0 Å². The lowest BCUT2D eigenvalue weighted by molar-refractivity contribution is 0.660. The normalized spacial score (nSPS) is 13.0. The molecule has 0 spiro atoms. The van der Waals surface area contributed by atoms with Gasteiger partial charge >= 0.3 is 0 Å². The van der Waals surface area contributed by atoms with Crippen molar-refractivity contribution in [1.29, 1.82) is 0 Å². The molecule has 1 aliphatic carbocycles. The predicted molar refractivity (Wildman–Crippen MR) is 233 cm³/mol. The van der Waals surface area contributed by atoms with Crippen LogP contribution in [0.1, 0.15) is 30.5 Å². The third-order valence-electron chi connectivity index (χ3n) is 11.2. The van der Waals surface area contributed by atoms with Crippen molar-refractivity contribution in [2.45, 2.75) is 19.3 Å². The molecule has 0 atom stereocenters. The first-order chi connectivity index (χ1) is 26.5. The molecule has 0 bridgehead atoms. The van der Waals surface area contributed by atoms with E-state index in [2.05, 4.69) is 202 Å². The van der Waals surface area contributed by atoms with E-state index in [-0.39, 0.29) is 5.41 Å². The zero-order chi connectivity index (χ0) is 36.8. The summed E-state index contributed by atoms with van der Waals surface area (Å²) in [6, 6.07) is 62.4. The second-order valence-electron chi connectivity index (χ2n) is 14.6. The molecular weight excluding hydrogens is 651 g/mol. The molecule has 258 valence electrons. The van der Waals surface area contributed by atoms with Crippen LogP contribution in [0, 0.1) is 0 Å². The van der Waals surface area contributed by atoms with Crippen LogP contribution in [0.15, 0.2) is 201 Å². The molecule has 0 N–H and O–H groups in total. The van der Waals surface area contributed by atoms with Crippen LogP contribution in [0.4, 0.5) is 17.1 Å². The van der Waals surface area contributed by atoms with E-state index < -0.39 is 0 Å². The molecule has 9 rings (SSSR count). The fraction of sp³-hybridized carbons (Fsp3) is 0.0566. The minimum absolute atomic E-state index is 0.128. The van der Waals surface area contributed by atoms with Crippen molar-refractivity contribution < 1.29 is 0 Å². The Hall–Kier alpha value is -6.70. The topological polar surface area (TPSA) is 3.24 Å². The molecule has 0 heterocycles. The third kappa shape index (κ3) is 5.49. The highest BCUT2D eigenvalue weighted by Crippen LogP contribution is 2.52. The van der Waals surface area contributed by atoms with Crippen molar-refractivity contribution in [3.63, 3.8) is 0 Å². The number of anilines is 3. The summed E-state index contributed by atoms with van der Waals surface area (Å²) in [7, 11) is 0. The fourth-order valence-corrected chi connectivity index (χ4v) is 8.51. The average Bonchev–Trinajstić information content (AvgIpc) is 3.46. The van der Waals surface area contributed by atoms with E-state index in [9.17, 15) is 0 Å². The number of hydrogen-bond acceptors (Lipinski definition) is 1. The summed E-state index contributed by atoms with van der Waals surface area (Å²) in [4.78, 5) is 2.48. The molecule has 0 aliphatic heterocycles. The minimum atomic E-state index is -0.128. The highest BCUT2D eigenvalue weighted by molar-refractivity contribution is 6.14. The third-order valence-corrected chi connectivity index (χ3v) is 11.2. The molecule has 1 nitrogen and oxygen atoms in total. The van der Waals surface area contributed by atoms with Crippen LogP contribution in [-0.4, -0.2) is 0 Å². The van der Waals surface area contributed by atoms with Crippen molar-refractivity contribution in [3.8, 4) is 33.4 Å². The summed E-state index contributed by atoms with van der Waals surface area (Å²) in [5.41, 5.74) is 15.5. The first-order valence-corrected chi connectivity index (χ1v) is 18.7. The molecule has 0 fully saturated rings. The quantitative estimate of drug-likeness (QED) is 0.113. The highest BCUT2D eigenvalue weighted by atomic mass is 15.1. The number of fused-ring (bicyclic) bond motifs is 6. The Balaban J connectivity index is 1.29. The van der Waals surface area contributed by atoms with E-state index in [4.69, 9.17) is 0 Å². The monoisotopic (exact) mass is 691 g/mol. The van der Waals surface area contributed by atoms with Gasteiger partial charge in [-0.1, -0.05) is 185 Å². The van der Waals surface area contributed by atoms with Crippen molar-refractivity contribution >= 4 is 44.2 Å². The maximum absolute atomic E-state index is 4.02. The van der Waals surface area contributed by atoms with Crippen LogP contribution < -0.4 is 4.90 Å². The summed E-state index contributed by atoms with van der Waals surface area (Å²) in [5.74, 6) is 0. The van der Waals surface area contributed by atoms with Gasteiger partial charge in [0.05, 0.1) is 5.69 Å². The molecule has 1 aliphatic rings. The molecule has 0 saturated carbocycles. The lowest BCUT2D eigenvalue weighted by Crippen LogP contribution is -2.16.